The summed E-state index contributed by atoms with van der Waals surface area (Å²) in [4.78, 5) is 18.0. The molecule has 1 aliphatic heterocycles. The number of alkyl halides is 1. The Morgan fingerprint density at radius 2 is 2.57 bits per heavy atom. The van der Waals surface area contributed by atoms with Crippen LogP contribution in [0.1, 0.15) is 24.4 Å². The summed E-state index contributed by atoms with van der Waals surface area (Å²) in [5, 5.41) is 2.96. The van der Waals surface area contributed by atoms with Crippen LogP contribution in [0.4, 0.5) is 0 Å². The highest BCUT2D eigenvalue weighted by Gasteiger charge is 2.32. The van der Waals surface area contributed by atoms with Crippen LogP contribution in [0.15, 0.2) is 11.6 Å². The molecular formula is C9H11BrN2OS. The Kier molecular flexibility index (Phi) is 2.88. The number of carbonyl (C=O) groups excluding carboxylic acids is 1. The minimum atomic E-state index is 0.116. The number of rotatable bonds is 2. The van der Waals surface area contributed by atoms with Crippen LogP contribution in [-0.2, 0) is 4.79 Å². The van der Waals surface area contributed by atoms with E-state index in [2.05, 4.69) is 20.9 Å². The smallest absolute Gasteiger partial charge is 0.224 e. The molecule has 0 radical (unpaired) electrons. The maximum atomic E-state index is 11.6. The minimum absolute atomic E-state index is 0.116. The molecular weight excluding hydrogens is 264 g/mol. The van der Waals surface area contributed by atoms with Gasteiger partial charge in [0.25, 0.3) is 0 Å². The molecule has 76 valence electrons. The van der Waals surface area contributed by atoms with E-state index in [1.54, 1.807) is 17.5 Å². The lowest BCUT2D eigenvalue weighted by atomic mass is 10.3. The molecule has 1 amide bonds. The summed E-state index contributed by atoms with van der Waals surface area (Å²) in [7, 11) is 0. The van der Waals surface area contributed by atoms with Gasteiger partial charge in [-0.25, -0.2) is 4.98 Å². The maximum absolute atomic E-state index is 11.6. The van der Waals surface area contributed by atoms with Crippen LogP contribution in [-0.4, -0.2) is 27.2 Å². The number of hydrogen-bond donors (Lipinski definition) is 0. The van der Waals surface area contributed by atoms with Crippen LogP contribution in [0.2, 0.25) is 0 Å². The van der Waals surface area contributed by atoms with Gasteiger partial charge in [0.05, 0.1) is 6.04 Å². The molecule has 0 aromatic carbocycles. The van der Waals surface area contributed by atoms with Crippen molar-refractivity contribution in [1.82, 2.24) is 9.88 Å². The molecule has 1 aliphatic rings. The van der Waals surface area contributed by atoms with Crippen molar-refractivity contribution in [2.75, 3.05) is 6.54 Å². The second kappa shape index (κ2) is 3.98. The van der Waals surface area contributed by atoms with Crippen LogP contribution < -0.4 is 0 Å². The summed E-state index contributed by atoms with van der Waals surface area (Å²) in [5.41, 5.74) is 0. The topological polar surface area (TPSA) is 33.2 Å². The molecule has 14 heavy (non-hydrogen) atoms. The zero-order chi connectivity index (χ0) is 10.1. The molecule has 0 aliphatic carbocycles. The summed E-state index contributed by atoms with van der Waals surface area (Å²) < 4.78 is 0. The Balaban J connectivity index is 2.12. The number of thiazole rings is 1. The average molecular weight is 275 g/mol. The lowest BCUT2D eigenvalue weighted by Crippen LogP contribution is -2.28. The highest BCUT2D eigenvalue weighted by atomic mass is 79.9. The number of halogens is 1. The van der Waals surface area contributed by atoms with Crippen molar-refractivity contribution in [3.05, 3.63) is 16.6 Å². The van der Waals surface area contributed by atoms with Crippen molar-refractivity contribution in [2.24, 2.45) is 0 Å². The fourth-order valence-corrected chi connectivity index (χ4v) is 2.93. The van der Waals surface area contributed by atoms with Crippen molar-refractivity contribution in [1.29, 1.82) is 0 Å². The number of hydrogen-bond acceptors (Lipinski definition) is 3. The van der Waals surface area contributed by atoms with Gasteiger partial charge in [0.1, 0.15) is 5.01 Å². The third-order valence-corrected chi connectivity index (χ3v) is 3.95. The van der Waals surface area contributed by atoms with Crippen LogP contribution in [0, 0.1) is 0 Å². The zero-order valence-corrected chi connectivity index (χ0v) is 10.2. The molecule has 1 saturated heterocycles. The van der Waals surface area contributed by atoms with E-state index in [4.69, 9.17) is 0 Å². The van der Waals surface area contributed by atoms with Gasteiger partial charge in [-0.2, -0.15) is 0 Å². The molecule has 2 rings (SSSR count). The molecule has 0 saturated carbocycles. The van der Waals surface area contributed by atoms with Gasteiger partial charge >= 0.3 is 0 Å². The molecule has 1 aromatic rings. The summed E-state index contributed by atoms with van der Waals surface area (Å²) in [6.07, 6.45) is 2.39. The van der Waals surface area contributed by atoms with Gasteiger partial charge in [-0.1, -0.05) is 15.9 Å². The average Bonchev–Trinajstić information content (AvgIpc) is 2.73. The highest BCUT2D eigenvalue weighted by Crippen LogP contribution is 2.29. The lowest BCUT2D eigenvalue weighted by Gasteiger charge is -2.22. The maximum Gasteiger partial charge on any atom is 0.224 e. The van der Waals surface area contributed by atoms with Crippen molar-refractivity contribution in [3.8, 4) is 0 Å². The SMILES string of the molecule is CC(c1nccs1)N1CC(Br)CC1=O. The zero-order valence-electron chi connectivity index (χ0n) is 7.81. The molecule has 0 bridgehead atoms. The van der Waals surface area contributed by atoms with E-state index in [1.165, 1.54) is 0 Å². The van der Waals surface area contributed by atoms with E-state index < -0.39 is 0 Å². The quantitative estimate of drug-likeness (QED) is 0.775. The van der Waals surface area contributed by atoms with Gasteiger partial charge in [0.15, 0.2) is 0 Å². The van der Waals surface area contributed by atoms with E-state index in [0.29, 0.717) is 11.2 Å². The predicted octanol–water partition coefficient (Wildman–Crippen LogP) is 2.20. The number of amides is 1. The monoisotopic (exact) mass is 274 g/mol. The lowest BCUT2D eigenvalue weighted by molar-refractivity contribution is -0.129. The first-order valence-electron chi connectivity index (χ1n) is 4.51. The standard InChI is InChI=1S/C9H11BrN2OS/c1-6(9-11-2-3-14-9)12-5-7(10)4-8(12)13/h2-3,6-7H,4-5H2,1H3. The fraction of sp³-hybridized carbons (Fsp3) is 0.556. The van der Waals surface area contributed by atoms with Gasteiger partial charge in [-0.15, -0.1) is 11.3 Å². The van der Waals surface area contributed by atoms with Crippen LogP contribution >= 0.6 is 27.3 Å². The fourth-order valence-electron chi connectivity index (χ4n) is 1.63. The largest absolute Gasteiger partial charge is 0.332 e. The Morgan fingerprint density at radius 3 is 3.07 bits per heavy atom. The predicted molar refractivity (Wildman–Crippen MR) is 59.6 cm³/mol. The van der Waals surface area contributed by atoms with Gasteiger partial charge in [-0.3, -0.25) is 4.79 Å². The summed E-state index contributed by atoms with van der Waals surface area (Å²) >= 11 is 5.07. The summed E-state index contributed by atoms with van der Waals surface area (Å²) in [5.74, 6) is 0.217. The van der Waals surface area contributed by atoms with Crippen LogP contribution in [0.5, 0.6) is 0 Å². The summed E-state index contributed by atoms with van der Waals surface area (Å²) in [6, 6.07) is 0.116. The van der Waals surface area contributed by atoms with Gasteiger partial charge in [-0.05, 0) is 6.92 Å². The van der Waals surface area contributed by atoms with Gasteiger partial charge in [0.2, 0.25) is 5.91 Å². The number of nitrogens with zero attached hydrogens (tertiary/aromatic N) is 2. The molecule has 0 N–H and O–H groups in total. The van der Waals surface area contributed by atoms with Crippen LogP contribution in [0.25, 0.3) is 0 Å². The normalized spacial score (nSPS) is 24.3. The molecule has 2 atom stereocenters. The molecule has 1 aromatic heterocycles. The second-order valence-corrected chi connectivity index (χ2v) is 5.61. The first-order chi connectivity index (χ1) is 6.68. The Labute approximate surface area is 95.3 Å². The van der Waals surface area contributed by atoms with Gasteiger partial charge in [0, 0.05) is 29.4 Å². The third kappa shape index (κ3) is 1.83. The van der Waals surface area contributed by atoms with E-state index in [0.717, 1.165) is 11.6 Å². The van der Waals surface area contributed by atoms with E-state index in [9.17, 15) is 4.79 Å². The minimum Gasteiger partial charge on any atom is -0.332 e. The number of aromatic nitrogens is 1. The second-order valence-electron chi connectivity index (χ2n) is 3.39. The Morgan fingerprint density at radius 1 is 1.79 bits per heavy atom. The molecule has 5 heteroatoms. The van der Waals surface area contributed by atoms with Crippen LogP contribution in [0.3, 0.4) is 0 Å². The number of carbonyl (C=O) groups is 1. The van der Waals surface area contributed by atoms with E-state index >= 15 is 0 Å². The first-order valence-corrected chi connectivity index (χ1v) is 6.31. The Hall–Kier alpha value is -0.420. The van der Waals surface area contributed by atoms with Crippen molar-refractivity contribution < 1.29 is 4.79 Å². The van der Waals surface area contributed by atoms with Crippen molar-refractivity contribution in [3.63, 3.8) is 0 Å². The van der Waals surface area contributed by atoms with E-state index in [-0.39, 0.29) is 11.9 Å². The van der Waals surface area contributed by atoms with E-state index in [1.807, 2.05) is 17.2 Å². The summed E-state index contributed by atoms with van der Waals surface area (Å²) in [6.45, 7) is 2.82. The van der Waals surface area contributed by atoms with Gasteiger partial charge < -0.3 is 4.90 Å². The Bertz CT molecular complexity index is 328. The molecule has 2 unspecified atom stereocenters. The molecule has 0 spiro atoms. The first kappa shape index (κ1) is 10.1. The molecule has 1 fully saturated rings. The van der Waals surface area contributed by atoms with Crippen molar-refractivity contribution >= 4 is 33.2 Å². The third-order valence-electron chi connectivity index (χ3n) is 2.39. The number of likely N-dealkylation sites (tertiary alicyclic amines) is 1. The molecule has 2 heterocycles. The highest BCUT2D eigenvalue weighted by molar-refractivity contribution is 9.09. The molecule has 3 nitrogen and oxygen atoms in total. The van der Waals surface area contributed by atoms with Crippen molar-refractivity contribution in [2.45, 2.75) is 24.2 Å².